The van der Waals surface area contributed by atoms with Crippen molar-refractivity contribution in [3.8, 4) is 0 Å². The number of thioether (sulfide) groups is 1. The molecule has 0 amide bonds. The SMILES string of the molecule is C/C=C/C=C/C(=O)SC. The summed E-state index contributed by atoms with van der Waals surface area (Å²) in [7, 11) is 0. The van der Waals surface area contributed by atoms with Crippen molar-refractivity contribution < 1.29 is 4.79 Å². The van der Waals surface area contributed by atoms with Crippen LogP contribution in [0.25, 0.3) is 0 Å². The fraction of sp³-hybridized carbons (Fsp3) is 0.286. The van der Waals surface area contributed by atoms with Gasteiger partial charge in [0.15, 0.2) is 0 Å². The van der Waals surface area contributed by atoms with Gasteiger partial charge < -0.3 is 0 Å². The van der Waals surface area contributed by atoms with Crippen molar-refractivity contribution in [2.24, 2.45) is 0 Å². The Morgan fingerprint density at radius 1 is 1.44 bits per heavy atom. The summed E-state index contributed by atoms with van der Waals surface area (Å²) < 4.78 is 0. The smallest absolute Gasteiger partial charge is 0.211 e. The van der Waals surface area contributed by atoms with Gasteiger partial charge in [-0.25, -0.2) is 0 Å². The zero-order valence-electron chi connectivity index (χ0n) is 5.63. The van der Waals surface area contributed by atoms with Crippen LogP contribution in [0.5, 0.6) is 0 Å². The molecule has 0 saturated carbocycles. The molecular formula is C7H10OS. The van der Waals surface area contributed by atoms with E-state index in [9.17, 15) is 4.79 Å². The highest BCUT2D eigenvalue weighted by Crippen LogP contribution is 1.94. The maximum Gasteiger partial charge on any atom is 0.211 e. The standard InChI is InChI=1S/C7H10OS/c1-3-4-5-6-7(8)9-2/h3-6H,1-2H3/b4-3+,6-5+. The van der Waals surface area contributed by atoms with Crippen LogP contribution >= 0.6 is 11.8 Å². The summed E-state index contributed by atoms with van der Waals surface area (Å²) in [6.07, 6.45) is 8.75. The van der Waals surface area contributed by atoms with Crippen LogP contribution in [-0.4, -0.2) is 11.4 Å². The lowest BCUT2D eigenvalue weighted by Crippen LogP contribution is -1.78. The van der Waals surface area contributed by atoms with Crippen molar-refractivity contribution in [3.63, 3.8) is 0 Å². The molecule has 0 aromatic rings. The summed E-state index contributed by atoms with van der Waals surface area (Å²) in [4.78, 5) is 10.5. The van der Waals surface area contributed by atoms with Gasteiger partial charge in [-0.2, -0.15) is 0 Å². The zero-order chi connectivity index (χ0) is 7.11. The number of allylic oxidation sites excluding steroid dienone is 3. The second-order valence-corrected chi connectivity index (χ2v) is 2.22. The molecule has 0 saturated heterocycles. The first-order valence-electron chi connectivity index (χ1n) is 2.68. The average Bonchev–Trinajstić information content (AvgIpc) is 1.89. The number of carbonyl (C=O) groups excluding carboxylic acids is 1. The van der Waals surface area contributed by atoms with Gasteiger partial charge in [-0.1, -0.05) is 30.0 Å². The molecule has 0 aromatic heterocycles. The van der Waals surface area contributed by atoms with Crippen molar-refractivity contribution in [3.05, 3.63) is 24.3 Å². The summed E-state index contributed by atoms with van der Waals surface area (Å²) in [6, 6.07) is 0. The van der Waals surface area contributed by atoms with Crippen molar-refractivity contribution in [2.75, 3.05) is 6.26 Å². The van der Waals surface area contributed by atoms with E-state index in [4.69, 9.17) is 0 Å². The number of hydrogen-bond donors (Lipinski definition) is 0. The van der Waals surface area contributed by atoms with Gasteiger partial charge in [0, 0.05) is 0 Å². The normalized spacial score (nSPS) is 11.3. The predicted octanol–water partition coefficient (Wildman–Crippen LogP) is 2.01. The summed E-state index contributed by atoms with van der Waals surface area (Å²) in [5.41, 5.74) is 0. The van der Waals surface area contributed by atoms with Gasteiger partial charge in [0.1, 0.15) is 0 Å². The summed E-state index contributed by atoms with van der Waals surface area (Å²) in [5, 5.41) is 0.0908. The van der Waals surface area contributed by atoms with E-state index in [0.717, 1.165) is 0 Å². The van der Waals surface area contributed by atoms with E-state index in [1.165, 1.54) is 11.8 Å². The molecule has 1 nitrogen and oxygen atoms in total. The summed E-state index contributed by atoms with van der Waals surface area (Å²) in [6.45, 7) is 1.91. The first kappa shape index (κ1) is 8.50. The molecule has 0 aromatic carbocycles. The largest absolute Gasteiger partial charge is 0.282 e. The molecule has 0 bridgehead atoms. The molecular weight excluding hydrogens is 132 g/mol. The van der Waals surface area contributed by atoms with Crippen LogP contribution in [0.3, 0.4) is 0 Å². The predicted molar refractivity (Wildman–Crippen MR) is 42.5 cm³/mol. The fourth-order valence-corrected chi connectivity index (χ4v) is 0.528. The van der Waals surface area contributed by atoms with Crippen LogP contribution in [0.2, 0.25) is 0 Å². The Kier molecular flexibility index (Phi) is 5.32. The van der Waals surface area contributed by atoms with E-state index in [0.29, 0.717) is 0 Å². The maximum atomic E-state index is 10.5. The highest BCUT2D eigenvalue weighted by molar-refractivity contribution is 8.13. The van der Waals surface area contributed by atoms with Crippen LogP contribution in [0.1, 0.15) is 6.92 Å². The third-order valence-electron chi connectivity index (χ3n) is 0.737. The second kappa shape index (κ2) is 5.63. The highest BCUT2D eigenvalue weighted by atomic mass is 32.2. The Morgan fingerprint density at radius 3 is 2.56 bits per heavy atom. The Morgan fingerprint density at radius 2 is 2.11 bits per heavy atom. The van der Waals surface area contributed by atoms with Crippen LogP contribution in [0, 0.1) is 0 Å². The summed E-state index contributed by atoms with van der Waals surface area (Å²) in [5.74, 6) is 0. The Labute approximate surface area is 59.8 Å². The molecule has 50 valence electrons. The van der Waals surface area contributed by atoms with Crippen LogP contribution in [0.15, 0.2) is 24.3 Å². The quantitative estimate of drug-likeness (QED) is 0.433. The minimum absolute atomic E-state index is 0.0908. The summed E-state index contributed by atoms with van der Waals surface area (Å²) >= 11 is 1.22. The van der Waals surface area contributed by atoms with Gasteiger partial charge >= 0.3 is 0 Å². The first-order chi connectivity index (χ1) is 4.31. The molecule has 0 atom stereocenters. The highest BCUT2D eigenvalue weighted by Gasteiger charge is 1.85. The molecule has 0 radical (unpaired) electrons. The maximum absolute atomic E-state index is 10.5. The van der Waals surface area contributed by atoms with Gasteiger partial charge in [-0.05, 0) is 19.3 Å². The third kappa shape index (κ3) is 5.37. The molecule has 0 aliphatic rings. The van der Waals surface area contributed by atoms with E-state index >= 15 is 0 Å². The molecule has 2 heteroatoms. The van der Waals surface area contributed by atoms with Crippen LogP contribution in [0.4, 0.5) is 0 Å². The minimum Gasteiger partial charge on any atom is -0.282 e. The molecule has 0 aliphatic carbocycles. The second-order valence-electron chi connectivity index (χ2n) is 1.41. The number of rotatable bonds is 2. The van der Waals surface area contributed by atoms with E-state index in [2.05, 4.69) is 0 Å². The van der Waals surface area contributed by atoms with Crippen molar-refractivity contribution >= 4 is 16.9 Å². The topological polar surface area (TPSA) is 17.1 Å². The molecule has 0 unspecified atom stereocenters. The monoisotopic (exact) mass is 142 g/mol. The lowest BCUT2D eigenvalue weighted by atomic mass is 10.4. The average molecular weight is 142 g/mol. The Bertz CT molecular complexity index is 136. The molecule has 0 heterocycles. The molecule has 0 N–H and O–H groups in total. The van der Waals surface area contributed by atoms with Gasteiger partial charge in [-0.15, -0.1) is 0 Å². The zero-order valence-corrected chi connectivity index (χ0v) is 6.44. The molecule has 0 fully saturated rings. The van der Waals surface area contributed by atoms with Crippen molar-refractivity contribution in [1.29, 1.82) is 0 Å². The number of hydrogen-bond acceptors (Lipinski definition) is 2. The first-order valence-corrected chi connectivity index (χ1v) is 3.91. The molecule has 0 spiro atoms. The molecule has 0 rings (SSSR count). The lowest BCUT2D eigenvalue weighted by molar-refractivity contribution is -0.107. The minimum atomic E-state index is 0.0908. The van der Waals surface area contributed by atoms with Gasteiger partial charge in [0.25, 0.3) is 0 Å². The van der Waals surface area contributed by atoms with Gasteiger partial charge in [0.05, 0.1) is 0 Å². The van der Waals surface area contributed by atoms with E-state index in [1.807, 2.05) is 19.1 Å². The van der Waals surface area contributed by atoms with Crippen molar-refractivity contribution in [2.45, 2.75) is 6.92 Å². The fourth-order valence-electron chi connectivity index (χ4n) is 0.313. The third-order valence-corrected chi connectivity index (χ3v) is 1.28. The molecule has 9 heavy (non-hydrogen) atoms. The Hall–Kier alpha value is -0.500. The number of carbonyl (C=O) groups is 1. The van der Waals surface area contributed by atoms with Gasteiger partial charge in [-0.3, -0.25) is 4.79 Å². The van der Waals surface area contributed by atoms with Crippen LogP contribution < -0.4 is 0 Å². The lowest BCUT2D eigenvalue weighted by Gasteiger charge is -1.79. The Balaban J connectivity index is 3.57. The van der Waals surface area contributed by atoms with E-state index in [1.54, 1.807) is 18.4 Å². The van der Waals surface area contributed by atoms with E-state index in [-0.39, 0.29) is 5.12 Å². The van der Waals surface area contributed by atoms with Gasteiger partial charge in [0.2, 0.25) is 5.12 Å². The van der Waals surface area contributed by atoms with Crippen LogP contribution in [-0.2, 0) is 4.79 Å². The van der Waals surface area contributed by atoms with Crippen molar-refractivity contribution in [1.82, 2.24) is 0 Å². The molecule has 0 aliphatic heterocycles. The van der Waals surface area contributed by atoms with E-state index < -0.39 is 0 Å².